The number of nitrogens with zero attached hydrogens (tertiary/aromatic N) is 5. The molecule has 0 aromatic carbocycles. The van der Waals surface area contributed by atoms with Gasteiger partial charge in [0.25, 0.3) is 0 Å². The number of carbonyl (C=O) groups is 1. The van der Waals surface area contributed by atoms with Gasteiger partial charge in [-0.1, -0.05) is 19.0 Å². The minimum absolute atomic E-state index is 0.0625. The molecule has 1 atom stereocenters. The third kappa shape index (κ3) is 2.71. The first kappa shape index (κ1) is 15.3. The van der Waals surface area contributed by atoms with Gasteiger partial charge in [-0.15, -0.1) is 11.3 Å². The van der Waals surface area contributed by atoms with Gasteiger partial charge in [-0.05, 0) is 12.8 Å². The van der Waals surface area contributed by atoms with Crippen LogP contribution in [0.2, 0.25) is 0 Å². The van der Waals surface area contributed by atoms with Crippen LogP contribution in [0.5, 0.6) is 0 Å². The van der Waals surface area contributed by atoms with E-state index >= 15 is 0 Å². The van der Waals surface area contributed by atoms with E-state index in [1.807, 2.05) is 40.9 Å². The van der Waals surface area contributed by atoms with Gasteiger partial charge in [-0.3, -0.25) is 9.20 Å². The Balaban J connectivity index is 1.50. The maximum atomic E-state index is 12.7. The van der Waals surface area contributed by atoms with Crippen LogP contribution in [0.3, 0.4) is 0 Å². The number of imidazole rings is 1. The molecule has 1 amide bonds. The van der Waals surface area contributed by atoms with Gasteiger partial charge < -0.3 is 9.42 Å². The van der Waals surface area contributed by atoms with E-state index in [0.717, 1.165) is 30.0 Å². The van der Waals surface area contributed by atoms with Gasteiger partial charge in [0.15, 0.2) is 10.8 Å². The number of aromatic nitrogens is 4. The highest BCUT2D eigenvalue weighted by Gasteiger charge is 2.34. The minimum Gasteiger partial charge on any atom is -0.337 e. The fourth-order valence-electron chi connectivity index (χ4n) is 3.06. The molecule has 1 aliphatic heterocycles. The van der Waals surface area contributed by atoms with Crippen LogP contribution in [0.1, 0.15) is 56.1 Å². The second-order valence-corrected chi connectivity index (χ2v) is 7.27. The molecule has 0 saturated carbocycles. The van der Waals surface area contributed by atoms with E-state index in [-0.39, 0.29) is 17.9 Å². The molecule has 0 N–H and O–H groups in total. The Bertz CT molecular complexity index is 836. The van der Waals surface area contributed by atoms with Gasteiger partial charge in [-0.25, -0.2) is 4.98 Å². The number of carbonyl (C=O) groups excluding carboxylic acids is 1. The number of rotatable bonds is 4. The van der Waals surface area contributed by atoms with E-state index in [9.17, 15) is 4.79 Å². The predicted molar refractivity (Wildman–Crippen MR) is 88.8 cm³/mol. The summed E-state index contributed by atoms with van der Waals surface area (Å²) in [7, 11) is 0. The fraction of sp³-hybridized carbons (Fsp3) is 0.500. The van der Waals surface area contributed by atoms with E-state index in [2.05, 4.69) is 15.1 Å². The molecule has 8 heteroatoms. The molecule has 4 heterocycles. The molecule has 1 aliphatic rings. The van der Waals surface area contributed by atoms with Gasteiger partial charge in [0, 0.05) is 30.2 Å². The second-order valence-electron chi connectivity index (χ2n) is 6.39. The molecule has 4 rings (SSSR count). The highest BCUT2D eigenvalue weighted by Crippen LogP contribution is 2.32. The molecule has 24 heavy (non-hydrogen) atoms. The number of fused-ring (bicyclic) bond motifs is 1. The van der Waals surface area contributed by atoms with Crippen molar-refractivity contribution in [3.63, 3.8) is 0 Å². The molecule has 3 aromatic rings. The number of thiazole rings is 1. The van der Waals surface area contributed by atoms with E-state index in [1.165, 1.54) is 0 Å². The lowest BCUT2D eigenvalue weighted by Gasteiger charge is -2.21. The summed E-state index contributed by atoms with van der Waals surface area (Å²) in [6.45, 7) is 4.78. The first-order valence-electron chi connectivity index (χ1n) is 8.16. The van der Waals surface area contributed by atoms with Gasteiger partial charge >= 0.3 is 0 Å². The van der Waals surface area contributed by atoms with Crippen LogP contribution in [0.4, 0.5) is 0 Å². The van der Waals surface area contributed by atoms with E-state index in [0.29, 0.717) is 18.1 Å². The van der Waals surface area contributed by atoms with Gasteiger partial charge in [0.1, 0.15) is 6.04 Å². The van der Waals surface area contributed by atoms with E-state index < -0.39 is 0 Å². The molecular formula is C16H19N5O2S. The normalized spacial score (nSPS) is 18.1. The summed E-state index contributed by atoms with van der Waals surface area (Å²) in [4.78, 5) is 24.5. The summed E-state index contributed by atoms with van der Waals surface area (Å²) < 4.78 is 7.35. The Morgan fingerprint density at radius 3 is 3.08 bits per heavy atom. The van der Waals surface area contributed by atoms with Crippen molar-refractivity contribution in [1.82, 2.24) is 24.4 Å². The average molecular weight is 345 g/mol. The van der Waals surface area contributed by atoms with Gasteiger partial charge in [-0.2, -0.15) is 4.98 Å². The SMILES string of the molecule is CC(C)c1noc([C@@H]2CCCN2C(=O)Cc2cn3ccsc3n2)n1. The smallest absolute Gasteiger partial charge is 0.249 e. The van der Waals surface area contributed by atoms with Crippen LogP contribution in [0.15, 0.2) is 22.3 Å². The Morgan fingerprint density at radius 1 is 1.46 bits per heavy atom. The zero-order valence-corrected chi connectivity index (χ0v) is 14.5. The highest BCUT2D eigenvalue weighted by molar-refractivity contribution is 7.15. The van der Waals surface area contributed by atoms with Crippen LogP contribution in [0, 0.1) is 0 Å². The largest absolute Gasteiger partial charge is 0.337 e. The predicted octanol–water partition coefficient (Wildman–Crippen LogP) is 2.81. The zero-order valence-electron chi connectivity index (χ0n) is 13.7. The van der Waals surface area contributed by atoms with Crippen molar-refractivity contribution >= 4 is 22.2 Å². The Kier molecular flexibility index (Phi) is 3.84. The number of hydrogen-bond acceptors (Lipinski definition) is 6. The summed E-state index contributed by atoms with van der Waals surface area (Å²) in [6, 6.07) is -0.110. The van der Waals surface area contributed by atoms with Gasteiger partial charge in [0.2, 0.25) is 11.8 Å². The van der Waals surface area contributed by atoms with Crippen LogP contribution in [-0.4, -0.2) is 36.9 Å². The second kappa shape index (κ2) is 6.01. The molecule has 0 bridgehead atoms. The molecule has 3 aromatic heterocycles. The van der Waals surface area contributed by atoms with Crippen molar-refractivity contribution in [2.45, 2.75) is 45.1 Å². The lowest BCUT2D eigenvalue weighted by molar-refractivity contribution is -0.131. The van der Waals surface area contributed by atoms with Crippen molar-refractivity contribution in [3.05, 3.63) is 35.2 Å². The fourth-order valence-corrected chi connectivity index (χ4v) is 3.78. The van der Waals surface area contributed by atoms with Gasteiger partial charge in [0.05, 0.1) is 12.1 Å². The molecule has 0 unspecified atom stereocenters. The minimum atomic E-state index is -0.110. The lowest BCUT2D eigenvalue weighted by atomic mass is 10.2. The molecule has 7 nitrogen and oxygen atoms in total. The maximum absolute atomic E-state index is 12.7. The summed E-state index contributed by atoms with van der Waals surface area (Å²) in [5, 5.41) is 6.00. The van der Waals surface area contributed by atoms with Crippen molar-refractivity contribution in [2.75, 3.05) is 6.54 Å². The quantitative estimate of drug-likeness (QED) is 0.727. The molecule has 0 aliphatic carbocycles. The third-order valence-electron chi connectivity index (χ3n) is 4.31. The van der Waals surface area contributed by atoms with Crippen LogP contribution >= 0.6 is 11.3 Å². The van der Waals surface area contributed by atoms with Crippen molar-refractivity contribution in [3.8, 4) is 0 Å². The molecule has 0 radical (unpaired) electrons. The molecule has 1 fully saturated rings. The summed E-state index contributed by atoms with van der Waals surface area (Å²) in [6.07, 6.45) is 5.98. The van der Waals surface area contributed by atoms with Crippen LogP contribution in [0.25, 0.3) is 4.96 Å². The number of likely N-dealkylation sites (tertiary alicyclic amines) is 1. The summed E-state index contributed by atoms with van der Waals surface area (Å²) in [5.41, 5.74) is 0.797. The molecule has 126 valence electrons. The summed E-state index contributed by atoms with van der Waals surface area (Å²) in [5.74, 6) is 1.52. The van der Waals surface area contributed by atoms with Crippen molar-refractivity contribution < 1.29 is 9.32 Å². The molecular weight excluding hydrogens is 326 g/mol. The maximum Gasteiger partial charge on any atom is 0.249 e. The Morgan fingerprint density at radius 2 is 2.33 bits per heavy atom. The van der Waals surface area contributed by atoms with Crippen molar-refractivity contribution in [1.29, 1.82) is 0 Å². The molecule has 0 spiro atoms. The monoisotopic (exact) mass is 345 g/mol. The van der Waals surface area contributed by atoms with E-state index in [4.69, 9.17) is 4.52 Å². The van der Waals surface area contributed by atoms with E-state index in [1.54, 1.807) is 11.3 Å². The first-order valence-corrected chi connectivity index (χ1v) is 9.04. The first-order chi connectivity index (χ1) is 11.6. The van der Waals surface area contributed by atoms with Crippen molar-refractivity contribution in [2.24, 2.45) is 0 Å². The number of amides is 1. The standard InChI is InChI=1S/C16H19N5O2S/c1-10(2)14-18-15(23-19-14)12-4-3-5-21(12)13(22)8-11-9-20-6-7-24-16(20)17-11/h6-7,9-10,12H,3-5,8H2,1-2H3/t12-/m0/s1. The Hall–Kier alpha value is -2.22. The lowest BCUT2D eigenvalue weighted by Crippen LogP contribution is -2.32. The average Bonchev–Trinajstić information content (AvgIpc) is 3.29. The van der Waals surface area contributed by atoms with Crippen LogP contribution in [-0.2, 0) is 11.2 Å². The highest BCUT2D eigenvalue weighted by atomic mass is 32.1. The zero-order chi connectivity index (χ0) is 16.7. The summed E-state index contributed by atoms with van der Waals surface area (Å²) >= 11 is 1.56. The molecule has 1 saturated heterocycles. The Labute approximate surface area is 143 Å². The third-order valence-corrected chi connectivity index (χ3v) is 5.08. The topological polar surface area (TPSA) is 76.5 Å². The number of hydrogen-bond donors (Lipinski definition) is 0. The van der Waals surface area contributed by atoms with Crippen LogP contribution < -0.4 is 0 Å².